The van der Waals surface area contributed by atoms with Gasteiger partial charge in [-0.05, 0) is 24.8 Å². The molecule has 2 amide bonds. The van der Waals surface area contributed by atoms with Crippen molar-refractivity contribution >= 4 is 12.0 Å². The van der Waals surface area contributed by atoms with Gasteiger partial charge in [-0.2, -0.15) is 0 Å². The maximum atomic E-state index is 12.8. The lowest BCUT2D eigenvalue weighted by Crippen LogP contribution is -2.49. The van der Waals surface area contributed by atoms with Gasteiger partial charge in [0.25, 0.3) is 0 Å². The molecule has 0 aromatic heterocycles. The standard InChI is InChI=1S/C19H28N2O5/c1-25-13-16-11-17(26-2)12-21(16)19(24)20-15(8-9-18(22)23)10-14-6-4-3-5-7-14/h3-7,15-17H,8-13H2,1-2H3,(H,20,24)(H,22,23)/t15?,16-,17-/m0/s1. The average Bonchev–Trinajstić information content (AvgIpc) is 3.04. The third kappa shape index (κ3) is 6.00. The molecule has 2 rings (SSSR count). The summed E-state index contributed by atoms with van der Waals surface area (Å²) in [6.07, 6.45) is 1.71. The number of urea groups is 1. The van der Waals surface area contributed by atoms with Crippen molar-refractivity contribution in [1.29, 1.82) is 0 Å². The van der Waals surface area contributed by atoms with E-state index in [0.717, 1.165) is 12.0 Å². The second kappa shape index (κ2) is 10.1. The van der Waals surface area contributed by atoms with Gasteiger partial charge in [-0.25, -0.2) is 4.79 Å². The van der Waals surface area contributed by atoms with E-state index in [0.29, 0.717) is 26.0 Å². The summed E-state index contributed by atoms with van der Waals surface area (Å²) in [4.78, 5) is 25.5. The smallest absolute Gasteiger partial charge is 0.318 e. The summed E-state index contributed by atoms with van der Waals surface area (Å²) in [6.45, 7) is 0.957. The number of aliphatic carboxylic acids is 1. The van der Waals surface area contributed by atoms with Gasteiger partial charge in [-0.15, -0.1) is 0 Å². The van der Waals surface area contributed by atoms with Gasteiger partial charge in [0.15, 0.2) is 0 Å². The van der Waals surface area contributed by atoms with Crippen molar-refractivity contribution in [2.24, 2.45) is 0 Å². The topological polar surface area (TPSA) is 88.1 Å². The molecule has 1 unspecified atom stereocenters. The van der Waals surface area contributed by atoms with Crippen molar-refractivity contribution in [3.63, 3.8) is 0 Å². The van der Waals surface area contributed by atoms with Gasteiger partial charge < -0.3 is 24.8 Å². The number of hydrogen-bond donors (Lipinski definition) is 2. The maximum Gasteiger partial charge on any atom is 0.318 e. The van der Waals surface area contributed by atoms with Crippen LogP contribution in [0.1, 0.15) is 24.8 Å². The summed E-state index contributed by atoms with van der Waals surface area (Å²) in [5.74, 6) is -0.866. The fraction of sp³-hybridized carbons (Fsp3) is 0.579. The summed E-state index contributed by atoms with van der Waals surface area (Å²) >= 11 is 0. The van der Waals surface area contributed by atoms with Crippen LogP contribution in [0.25, 0.3) is 0 Å². The van der Waals surface area contributed by atoms with Crippen LogP contribution in [0.2, 0.25) is 0 Å². The third-order valence-corrected chi connectivity index (χ3v) is 4.69. The Balaban J connectivity index is 2.02. The molecule has 1 aliphatic heterocycles. The number of rotatable bonds is 9. The van der Waals surface area contributed by atoms with Crippen LogP contribution >= 0.6 is 0 Å². The first-order chi connectivity index (χ1) is 12.5. The Bertz CT molecular complexity index is 581. The molecule has 1 aromatic carbocycles. The Labute approximate surface area is 154 Å². The molecule has 3 atom stereocenters. The van der Waals surface area contributed by atoms with Crippen LogP contribution in [0.15, 0.2) is 30.3 Å². The number of likely N-dealkylation sites (tertiary alicyclic amines) is 1. The second-order valence-electron chi connectivity index (χ2n) is 6.62. The van der Waals surface area contributed by atoms with E-state index in [1.807, 2.05) is 30.3 Å². The highest BCUT2D eigenvalue weighted by Crippen LogP contribution is 2.21. The summed E-state index contributed by atoms with van der Waals surface area (Å²) in [6, 6.07) is 9.27. The number of benzene rings is 1. The zero-order chi connectivity index (χ0) is 18.9. The van der Waals surface area contributed by atoms with E-state index >= 15 is 0 Å². The van der Waals surface area contributed by atoms with Crippen LogP contribution in [0, 0.1) is 0 Å². The number of carboxylic acid groups (broad SMARTS) is 1. The van der Waals surface area contributed by atoms with Gasteiger partial charge in [0.2, 0.25) is 0 Å². The predicted octanol–water partition coefficient (Wildman–Crippen LogP) is 1.91. The minimum Gasteiger partial charge on any atom is -0.481 e. The fourth-order valence-electron chi connectivity index (χ4n) is 3.32. The Morgan fingerprint density at radius 1 is 1.31 bits per heavy atom. The molecular formula is C19H28N2O5. The number of nitrogens with zero attached hydrogens (tertiary/aromatic N) is 1. The van der Waals surface area contributed by atoms with Gasteiger partial charge in [-0.3, -0.25) is 4.79 Å². The number of carbonyl (C=O) groups excluding carboxylic acids is 1. The molecule has 2 N–H and O–H groups in total. The number of hydrogen-bond acceptors (Lipinski definition) is 4. The first-order valence-electron chi connectivity index (χ1n) is 8.88. The molecule has 0 spiro atoms. The van der Waals surface area contributed by atoms with Gasteiger partial charge in [0.1, 0.15) is 0 Å². The number of ether oxygens (including phenoxy) is 2. The second-order valence-corrected chi connectivity index (χ2v) is 6.62. The predicted molar refractivity (Wildman–Crippen MR) is 97.1 cm³/mol. The lowest BCUT2D eigenvalue weighted by molar-refractivity contribution is -0.137. The van der Waals surface area contributed by atoms with Crippen LogP contribution < -0.4 is 5.32 Å². The first-order valence-corrected chi connectivity index (χ1v) is 8.88. The molecule has 0 saturated carbocycles. The van der Waals surface area contributed by atoms with E-state index in [9.17, 15) is 9.59 Å². The van der Waals surface area contributed by atoms with Crippen molar-refractivity contribution in [1.82, 2.24) is 10.2 Å². The molecular weight excluding hydrogens is 336 g/mol. The lowest BCUT2D eigenvalue weighted by Gasteiger charge is -2.27. The molecule has 26 heavy (non-hydrogen) atoms. The molecule has 1 fully saturated rings. The van der Waals surface area contributed by atoms with Gasteiger partial charge in [0, 0.05) is 33.2 Å². The fourth-order valence-corrected chi connectivity index (χ4v) is 3.32. The Hall–Kier alpha value is -2.12. The van der Waals surface area contributed by atoms with Crippen molar-refractivity contribution in [3.8, 4) is 0 Å². The molecule has 1 saturated heterocycles. The minimum absolute atomic E-state index is 0.00695. The number of carbonyl (C=O) groups is 2. The normalized spacial score (nSPS) is 20.8. The largest absolute Gasteiger partial charge is 0.481 e. The van der Waals surface area contributed by atoms with E-state index in [2.05, 4.69) is 5.32 Å². The van der Waals surface area contributed by atoms with Crippen LogP contribution in [0.5, 0.6) is 0 Å². The van der Waals surface area contributed by atoms with Gasteiger partial charge in [0.05, 0.1) is 18.8 Å². The van der Waals surface area contributed by atoms with Gasteiger partial charge >= 0.3 is 12.0 Å². The van der Waals surface area contributed by atoms with Crippen molar-refractivity contribution < 1.29 is 24.2 Å². The molecule has 144 valence electrons. The molecule has 0 bridgehead atoms. The zero-order valence-corrected chi connectivity index (χ0v) is 15.4. The Kier molecular flexibility index (Phi) is 7.87. The van der Waals surface area contributed by atoms with E-state index in [1.54, 1.807) is 19.1 Å². The zero-order valence-electron chi connectivity index (χ0n) is 15.4. The molecule has 1 heterocycles. The van der Waals surface area contributed by atoms with E-state index < -0.39 is 5.97 Å². The number of amides is 2. The van der Waals surface area contributed by atoms with Crippen LogP contribution in [0.4, 0.5) is 4.79 Å². The van der Waals surface area contributed by atoms with Crippen LogP contribution in [-0.4, -0.2) is 67.6 Å². The van der Waals surface area contributed by atoms with Crippen LogP contribution in [-0.2, 0) is 20.7 Å². The summed E-state index contributed by atoms with van der Waals surface area (Å²) in [5, 5.41) is 12.0. The highest BCUT2D eigenvalue weighted by Gasteiger charge is 2.36. The minimum atomic E-state index is -0.866. The van der Waals surface area contributed by atoms with E-state index in [1.165, 1.54) is 0 Å². The summed E-state index contributed by atoms with van der Waals surface area (Å²) < 4.78 is 10.6. The summed E-state index contributed by atoms with van der Waals surface area (Å²) in [5.41, 5.74) is 1.06. The first kappa shape index (κ1) is 20.2. The lowest BCUT2D eigenvalue weighted by atomic mass is 10.0. The highest BCUT2D eigenvalue weighted by atomic mass is 16.5. The molecule has 0 radical (unpaired) electrons. The Morgan fingerprint density at radius 3 is 2.65 bits per heavy atom. The number of methoxy groups -OCH3 is 2. The molecule has 1 aromatic rings. The number of carboxylic acids is 1. The van der Waals surface area contributed by atoms with Crippen LogP contribution in [0.3, 0.4) is 0 Å². The summed E-state index contributed by atoms with van der Waals surface area (Å²) in [7, 11) is 3.25. The SMILES string of the molecule is COC[C@@H]1C[C@H](OC)CN1C(=O)NC(CCC(=O)O)Cc1ccccc1. The van der Waals surface area contributed by atoms with E-state index in [4.69, 9.17) is 14.6 Å². The Morgan fingerprint density at radius 2 is 2.04 bits per heavy atom. The van der Waals surface area contributed by atoms with Crippen molar-refractivity contribution in [3.05, 3.63) is 35.9 Å². The van der Waals surface area contributed by atoms with Gasteiger partial charge in [-0.1, -0.05) is 30.3 Å². The molecule has 0 aliphatic carbocycles. The highest BCUT2D eigenvalue weighted by molar-refractivity contribution is 5.75. The quantitative estimate of drug-likeness (QED) is 0.699. The monoisotopic (exact) mass is 364 g/mol. The molecule has 1 aliphatic rings. The number of nitrogens with one attached hydrogen (secondary N) is 1. The van der Waals surface area contributed by atoms with Crippen molar-refractivity contribution in [2.45, 2.75) is 43.9 Å². The molecule has 7 heteroatoms. The third-order valence-electron chi connectivity index (χ3n) is 4.69. The van der Waals surface area contributed by atoms with E-state index in [-0.39, 0.29) is 30.6 Å². The van der Waals surface area contributed by atoms with Crippen molar-refractivity contribution in [2.75, 3.05) is 27.4 Å². The maximum absolute atomic E-state index is 12.8. The average molecular weight is 364 g/mol. The molecule has 7 nitrogen and oxygen atoms in total.